The lowest BCUT2D eigenvalue weighted by molar-refractivity contribution is -0.145. The van der Waals surface area contributed by atoms with E-state index in [2.05, 4.69) is 11.9 Å². The minimum absolute atomic E-state index is 0.0303. The van der Waals surface area contributed by atoms with Crippen molar-refractivity contribution in [2.24, 2.45) is 0 Å². The number of carboxylic acid groups (broad SMARTS) is 2. The Bertz CT molecular complexity index is 940. The van der Waals surface area contributed by atoms with Crippen LogP contribution in [-0.4, -0.2) is 40.4 Å². The van der Waals surface area contributed by atoms with Crippen molar-refractivity contribution in [2.45, 2.75) is 30.7 Å². The molecule has 7 heteroatoms. The zero-order chi connectivity index (χ0) is 21.7. The fourth-order valence-corrected chi connectivity index (χ4v) is 3.86. The van der Waals surface area contributed by atoms with Crippen molar-refractivity contribution >= 4 is 18.0 Å². The Morgan fingerprint density at radius 3 is 2.10 bits per heavy atom. The summed E-state index contributed by atoms with van der Waals surface area (Å²) in [6.45, 7) is 3.55. The van der Waals surface area contributed by atoms with Crippen LogP contribution >= 0.6 is 0 Å². The second kappa shape index (κ2) is 8.82. The monoisotopic (exact) mass is 409 g/mol. The average Bonchev–Trinajstić information content (AvgIpc) is 3.04. The van der Waals surface area contributed by atoms with Gasteiger partial charge in [0.2, 0.25) is 0 Å². The van der Waals surface area contributed by atoms with Crippen molar-refractivity contribution in [3.8, 4) is 11.1 Å². The molecule has 0 aromatic heterocycles. The molecule has 0 saturated heterocycles. The maximum Gasteiger partial charge on any atom is 0.408 e. The van der Waals surface area contributed by atoms with Crippen LogP contribution in [0.25, 0.3) is 11.1 Å². The van der Waals surface area contributed by atoms with Crippen LogP contribution in [0.4, 0.5) is 4.79 Å². The quantitative estimate of drug-likeness (QED) is 0.543. The molecule has 0 heterocycles. The number of amides is 1. The molecule has 0 aliphatic heterocycles. The summed E-state index contributed by atoms with van der Waals surface area (Å²) in [6, 6.07) is 15.7. The second-order valence-electron chi connectivity index (χ2n) is 7.22. The van der Waals surface area contributed by atoms with Gasteiger partial charge in [-0.25, -0.2) is 9.59 Å². The van der Waals surface area contributed by atoms with Crippen LogP contribution in [0.2, 0.25) is 0 Å². The van der Waals surface area contributed by atoms with Gasteiger partial charge in [-0.05, 0) is 35.1 Å². The van der Waals surface area contributed by atoms with Gasteiger partial charge in [0.05, 0.1) is 0 Å². The fraction of sp³-hybridized carbons (Fsp3) is 0.261. The van der Waals surface area contributed by atoms with Crippen LogP contribution in [0.1, 0.15) is 36.3 Å². The molecule has 2 aromatic carbocycles. The lowest BCUT2D eigenvalue weighted by Crippen LogP contribution is -2.54. The van der Waals surface area contributed by atoms with Crippen LogP contribution in [0.15, 0.2) is 61.2 Å². The van der Waals surface area contributed by atoms with E-state index >= 15 is 0 Å². The number of ether oxygens (including phenoxy) is 1. The summed E-state index contributed by atoms with van der Waals surface area (Å²) in [4.78, 5) is 35.3. The van der Waals surface area contributed by atoms with Crippen LogP contribution in [0.3, 0.4) is 0 Å². The van der Waals surface area contributed by atoms with E-state index in [1.54, 1.807) is 0 Å². The smallest absolute Gasteiger partial charge is 0.408 e. The summed E-state index contributed by atoms with van der Waals surface area (Å²) in [6.07, 6.45) is -0.400. The Labute approximate surface area is 174 Å². The highest BCUT2D eigenvalue weighted by Crippen LogP contribution is 2.44. The number of hydrogen-bond acceptors (Lipinski definition) is 4. The Morgan fingerprint density at radius 2 is 1.60 bits per heavy atom. The summed E-state index contributed by atoms with van der Waals surface area (Å²) < 4.78 is 5.40. The van der Waals surface area contributed by atoms with Gasteiger partial charge in [-0.2, -0.15) is 0 Å². The van der Waals surface area contributed by atoms with Crippen molar-refractivity contribution in [3.05, 3.63) is 72.3 Å². The maximum absolute atomic E-state index is 12.5. The minimum Gasteiger partial charge on any atom is -0.481 e. The van der Waals surface area contributed by atoms with Gasteiger partial charge in [0.15, 0.2) is 0 Å². The minimum atomic E-state index is -1.79. The number of rotatable bonds is 9. The first-order chi connectivity index (χ1) is 14.4. The number of nitrogens with one attached hydrogen (secondary N) is 1. The lowest BCUT2D eigenvalue weighted by atomic mass is 9.89. The van der Waals surface area contributed by atoms with E-state index in [-0.39, 0.29) is 25.4 Å². The molecule has 3 N–H and O–H groups in total. The number of alkyl carbamates (subject to hydrolysis) is 1. The third-order valence-electron chi connectivity index (χ3n) is 5.35. The predicted molar refractivity (Wildman–Crippen MR) is 110 cm³/mol. The first-order valence-corrected chi connectivity index (χ1v) is 9.57. The number of fused-ring (bicyclic) bond motifs is 3. The van der Waals surface area contributed by atoms with Crippen molar-refractivity contribution in [2.75, 3.05) is 6.61 Å². The molecule has 0 saturated carbocycles. The summed E-state index contributed by atoms with van der Waals surface area (Å²) in [5.41, 5.74) is 2.44. The molecule has 0 radical (unpaired) electrons. The Balaban J connectivity index is 1.75. The predicted octanol–water partition coefficient (Wildman–Crippen LogP) is 3.79. The number of aliphatic carboxylic acids is 2. The molecule has 0 spiro atoms. The second-order valence-corrected chi connectivity index (χ2v) is 7.22. The van der Waals surface area contributed by atoms with Crippen LogP contribution < -0.4 is 5.32 Å². The number of carbonyl (C=O) groups excluding carboxylic acids is 1. The molecule has 0 fully saturated rings. The topological polar surface area (TPSA) is 113 Å². The third-order valence-corrected chi connectivity index (χ3v) is 5.35. The van der Waals surface area contributed by atoms with Crippen molar-refractivity contribution < 1.29 is 29.3 Å². The van der Waals surface area contributed by atoms with E-state index < -0.39 is 30.0 Å². The number of benzene rings is 2. The number of carbonyl (C=O) groups is 3. The Hall–Kier alpha value is -3.61. The van der Waals surface area contributed by atoms with Crippen LogP contribution in [0, 0.1) is 0 Å². The molecule has 30 heavy (non-hydrogen) atoms. The average molecular weight is 409 g/mol. The fourth-order valence-electron chi connectivity index (χ4n) is 3.86. The molecule has 3 rings (SSSR count). The molecule has 0 unspecified atom stereocenters. The molecule has 2 aromatic rings. The van der Waals surface area contributed by atoms with E-state index in [1.807, 2.05) is 48.5 Å². The zero-order valence-electron chi connectivity index (χ0n) is 16.3. The van der Waals surface area contributed by atoms with Gasteiger partial charge < -0.3 is 20.3 Å². The Morgan fingerprint density at radius 1 is 1.03 bits per heavy atom. The van der Waals surface area contributed by atoms with E-state index in [0.717, 1.165) is 22.3 Å². The highest BCUT2D eigenvalue weighted by atomic mass is 16.5. The van der Waals surface area contributed by atoms with Gasteiger partial charge in [-0.1, -0.05) is 54.6 Å². The molecule has 1 aliphatic rings. The normalized spacial score (nSPS) is 14.1. The maximum atomic E-state index is 12.5. The van der Waals surface area contributed by atoms with Crippen molar-refractivity contribution in [3.63, 3.8) is 0 Å². The largest absolute Gasteiger partial charge is 0.481 e. The van der Waals surface area contributed by atoms with E-state index in [0.29, 0.717) is 0 Å². The number of carboxylic acids is 2. The molecule has 1 amide bonds. The highest BCUT2D eigenvalue weighted by molar-refractivity contribution is 5.85. The van der Waals surface area contributed by atoms with E-state index in [4.69, 9.17) is 9.84 Å². The van der Waals surface area contributed by atoms with Crippen molar-refractivity contribution in [1.29, 1.82) is 0 Å². The van der Waals surface area contributed by atoms with E-state index in [1.165, 1.54) is 6.08 Å². The first-order valence-electron chi connectivity index (χ1n) is 9.57. The highest BCUT2D eigenvalue weighted by Gasteiger charge is 2.40. The molecular weight excluding hydrogens is 386 g/mol. The van der Waals surface area contributed by atoms with Gasteiger partial charge in [0.1, 0.15) is 12.1 Å². The standard InChI is InChI=1S/C23H23NO6/c1-2-12-23(21(27)28,13-11-20(25)26)24-22(29)30-14-19-17-9-5-3-7-15(17)16-8-4-6-10-18(16)19/h2-10,19H,1,11-14H2,(H,24,29)(H,25,26)(H,27,28)/t23-/m0/s1. The molecular formula is C23H23NO6. The van der Waals surface area contributed by atoms with Gasteiger partial charge in [-0.15, -0.1) is 6.58 Å². The first kappa shape index (κ1) is 21.1. The summed E-state index contributed by atoms with van der Waals surface area (Å²) in [5.74, 6) is -2.66. The van der Waals surface area contributed by atoms with Gasteiger partial charge >= 0.3 is 18.0 Å². The zero-order valence-corrected chi connectivity index (χ0v) is 16.3. The van der Waals surface area contributed by atoms with Crippen LogP contribution in [0.5, 0.6) is 0 Å². The summed E-state index contributed by atoms with van der Waals surface area (Å²) in [5, 5.41) is 20.9. The Kier molecular flexibility index (Phi) is 6.20. The lowest BCUT2D eigenvalue weighted by Gasteiger charge is -2.29. The molecule has 1 atom stereocenters. The summed E-state index contributed by atoms with van der Waals surface area (Å²) in [7, 11) is 0. The molecule has 0 bridgehead atoms. The summed E-state index contributed by atoms with van der Waals surface area (Å²) >= 11 is 0. The van der Waals surface area contributed by atoms with E-state index in [9.17, 15) is 19.5 Å². The molecule has 7 nitrogen and oxygen atoms in total. The number of hydrogen-bond donors (Lipinski definition) is 3. The van der Waals surface area contributed by atoms with Gasteiger partial charge in [0, 0.05) is 12.3 Å². The van der Waals surface area contributed by atoms with Gasteiger partial charge in [0.25, 0.3) is 0 Å². The molecule has 156 valence electrons. The molecule has 1 aliphatic carbocycles. The van der Waals surface area contributed by atoms with Crippen molar-refractivity contribution in [1.82, 2.24) is 5.32 Å². The van der Waals surface area contributed by atoms with Gasteiger partial charge in [-0.3, -0.25) is 4.79 Å². The third kappa shape index (κ3) is 4.20. The SMILES string of the molecule is C=CC[C@@](CCC(=O)O)(NC(=O)OCC1c2ccccc2-c2ccccc21)C(=O)O. The van der Waals surface area contributed by atoms with Crippen LogP contribution in [-0.2, 0) is 14.3 Å².